The van der Waals surface area contributed by atoms with E-state index in [0.29, 0.717) is 35.2 Å². The van der Waals surface area contributed by atoms with Crippen molar-refractivity contribution < 1.29 is 18.0 Å². The van der Waals surface area contributed by atoms with Crippen molar-refractivity contribution in [1.29, 1.82) is 0 Å². The summed E-state index contributed by atoms with van der Waals surface area (Å²) in [6.45, 7) is 6.79. The Morgan fingerprint density at radius 3 is 1.91 bits per heavy atom. The Balaban J connectivity index is 0.000000206. The van der Waals surface area contributed by atoms with Crippen LogP contribution in [0.2, 0.25) is 0 Å². The lowest BCUT2D eigenvalue weighted by Crippen LogP contribution is -2.29. The fraction of sp³-hybridized carbons (Fsp3) is 0.156. The maximum Gasteiger partial charge on any atom is 0.269 e. The Hall–Kier alpha value is -6.83. The lowest BCUT2D eigenvalue weighted by Gasteiger charge is -2.17. The molecule has 1 aliphatic heterocycles. The number of hydrogen-bond donors (Lipinski definition) is 2. The average Bonchev–Trinajstić information content (AvgIpc) is 3.98. The van der Waals surface area contributed by atoms with Gasteiger partial charge < -0.3 is 10.7 Å². The zero-order valence-electron chi connectivity index (χ0n) is 32.2. The van der Waals surface area contributed by atoms with Gasteiger partial charge in [-0.25, -0.2) is 32.3 Å². The standard InChI is InChI=1S/C30H24N4O4S.C15H16N4/c1-3-20-16-21(10-11-22(20)17-33-29(35)24-6-4-5-7-25(24)30(33)36)27-26-14-15-34(28(26)32-18-31-27)39(37,38)23-12-8-19(2)9-13-23;1-2-10-7-11(3-4-12(10)8-16)14-13-5-6-17-15(13)19-9-18-14/h4-16,18H,3,17H2,1-2H3;3-7,9H,2,8,16H2,1H3,(H,17,18,19). The molecule has 0 atom stereocenters. The lowest BCUT2D eigenvalue weighted by molar-refractivity contribution is 0.0642. The molecule has 2 amide bonds. The highest BCUT2D eigenvalue weighted by Gasteiger charge is 2.35. The van der Waals surface area contributed by atoms with E-state index in [4.69, 9.17) is 5.73 Å². The number of hydrogen-bond acceptors (Lipinski definition) is 9. The van der Waals surface area contributed by atoms with Gasteiger partial charge in [0.2, 0.25) is 0 Å². The molecule has 0 radical (unpaired) electrons. The summed E-state index contributed by atoms with van der Waals surface area (Å²) >= 11 is 0. The molecule has 290 valence electrons. The predicted octanol–water partition coefficient (Wildman–Crippen LogP) is 7.65. The van der Waals surface area contributed by atoms with Gasteiger partial charge in [-0.15, -0.1) is 0 Å². The zero-order valence-corrected chi connectivity index (χ0v) is 33.0. The molecule has 0 unspecified atom stereocenters. The van der Waals surface area contributed by atoms with E-state index in [2.05, 4.69) is 50.0 Å². The maximum atomic E-state index is 13.4. The SMILES string of the molecule is CCc1cc(-c2ncnc3[nH]ccc23)ccc1CN.CCc1cc(-c2ncnc3c2ccn3S(=O)(=O)c2ccc(C)cc2)ccc1CN1C(=O)c2ccccc2C1=O. The molecule has 12 nitrogen and oxygen atoms in total. The summed E-state index contributed by atoms with van der Waals surface area (Å²) in [5, 5.41) is 1.65. The number of nitrogens with one attached hydrogen (secondary N) is 1. The number of aromatic nitrogens is 6. The third-order valence-electron chi connectivity index (χ3n) is 10.5. The van der Waals surface area contributed by atoms with Crippen LogP contribution in [0.15, 0.2) is 127 Å². The summed E-state index contributed by atoms with van der Waals surface area (Å²) in [6.07, 6.45) is 7.98. The van der Waals surface area contributed by atoms with Crippen LogP contribution in [-0.4, -0.2) is 54.0 Å². The van der Waals surface area contributed by atoms with Gasteiger partial charge in [0.05, 0.1) is 34.0 Å². The normalized spacial score (nSPS) is 12.6. The van der Waals surface area contributed by atoms with Crippen LogP contribution in [0.3, 0.4) is 0 Å². The number of aromatic amines is 1. The summed E-state index contributed by atoms with van der Waals surface area (Å²) in [4.78, 5) is 47.7. The number of nitrogens with zero attached hydrogens (tertiary/aromatic N) is 6. The van der Waals surface area contributed by atoms with E-state index in [-0.39, 0.29) is 28.9 Å². The summed E-state index contributed by atoms with van der Waals surface area (Å²) < 4.78 is 27.9. The number of carbonyl (C=O) groups is 2. The maximum absolute atomic E-state index is 13.4. The number of H-pyrrole nitrogens is 1. The first-order valence-corrected chi connectivity index (χ1v) is 20.4. The van der Waals surface area contributed by atoms with E-state index in [1.54, 1.807) is 60.9 Å². The van der Waals surface area contributed by atoms with Gasteiger partial charge in [0.25, 0.3) is 21.8 Å². The third-order valence-corrected chi connectivity index (χ3v) is 12.2. The van der Waals surface area contributed by atoms with E-state index in [9.17, 15) is 18.0 Å². The van der Waals surface area contributed by atoms with Crippen molar-refractivity contribution in [3.8, 4) is 22.5 Å². The van der Waals surface area contributed by atoms with Crippen molar-refractivity contribution in [1.82, 2.24) is 33.8 Å². The molecule has 3 N–H and O–H groups in total. The second kappa shape index (κ2) is 15.6. The van der Waals surface area contributed by atoms with Gasteiger partial charge in [0.15, 0.2) is 5.65 Å². The molecule has 8 aromatic rings. The smallest absolute Gasteiger partial charge is 0.269 e. The highest BCUT2D eigenvalue weighted by molar-refractivity contribution is 7.90. The summed E-state index contributed by atoms with van der Waals surface area (Å²) in [6, 6.07) is 29.3. The Morgan fingerprint density at radius 1 is 0.672 bits per heavy atom. The van der Waals surface area contributed by atoms with Gasteiger partial charge in [-0.2, -0.15) is 0 Å². The average molecular weight is 789 g/mol. The first-order chi connectivity index (χ1) is 28.1. The summed E-state index contributed by atoms with van der Waals surface area (Å²) in [5.41, 5.74) is 16.5. The molecule has 0 saturated carbocycles. The molecule has 0 aliphatic carbocycles. The van der Waals surface area contributed by atoms with E-state index in [1.807, 2.05) is 44.3 Å². The van der Waals surface area contributed by atoms with Crippen LogP contribution >= 0.6 is 0 Å². The van der Waals surface area contributed by atoms with Crippen LogP contribution in [-0.2, 0) is 36.0 Å². The number of amides is 2. The number of imide groups is 1. The van der Waals surface area contributed by atoms with Crippen LogP contribution < -0.4 is 5.73 Å². The van der Waals surface area contributed by atoms with Crippen LogP contribution in [0, 0.1) is 6.92 Å². The Labute approximate surface area is 335 Å². The van der Waals surface area contributed by atoms with Crippen LogP contribution in [0.4, 0.5) is 0 Å². The molecule has 13 heteroatoms. The van der Waals surface area contributed by atoms with E-state index < -0.39 is 10.0 Å². The molecule has 4 aromatic carbocycles. The highest BCUT2D eigenvalue weighted by atomic mass is 32.2. The number of benzene rings is 4. The van der Waals surface area contributed by atoms with Gasteiger partial charge in [0.1, 0.15) is 18.3 Å². The minimum Gasteiger partial charge on any atom is -0.346 e. The van der Waals surface area contributed by atoms with Gasteiger partial charge >= 0.3 is 0 Å². The van der Waals surface area contributed by atoms with Crippen molar-refractivity contribution in [2.24, 2.45) is 5.73 Å². The molecule has 5 heterocycles. The molecule has 4 aromatic heterocycles. The van der Waals surface area contributed by atoms with Gasteiger partial charge in [-0.1, -0.05) is 67.9 Å². The highest BCUT2D eigenvalue weighted by Crippen LogP contribution is 2.32. The number of aryl methyl sites for hydroxylation is 3. The predicted molar refractivity (Wildman–Crippen MR) is 223 cm³/mol. The second-order valence-electron chi connectivity index (χ2n) is 14.0. The monoisotopic (exact) mass is 788 g/mol. The summed E-state index contributed by atoms with van der Waals surface area (Å²) in [7, 11) is -3.85. The molecule has 58 heavy (non-hydrogen) atoms. The van der Waals surface area contributed by atoms with Crippen molar-refractivity contribution in [2.45, 2.75) is 51.6 Å². The minimum absolute atomic E-state index is 0.167. The van der Waals surface area contributed by atoms with Crippen LogP contribution in [0.25, 0.3) is 44.6 Å². The first kappa shape index (κ1) is 38.1. The molecule has 0 spiro atoms. The Morgan fingerprint density at radius 2 is 1.28 bits per heavy atom. The number of carbonyl (C=O) groups excluding carboxylic acids is 2. The van der Waals surface area contributed by atoms with Crippen molar-refractivity contribution in [3.63, 3.8) is 0 Å². The third kappa shape index (κ3) is 6.84. The van der Waals surface area contributed by atoms with Gasteiger partial charge in [0, 0.05) is 40.8 Å². The molecule has 1 aliphatic rings. The topological polar surface area (TPSA) is 170 Å². The first-order valence-electron chi connectivity index (χ1n) is 18.9. The van der Waals surface area contributed by atoms with Crippen molar-refractivity contribution >= 4 is 43.9 Å². The zero-order chi connectivity index (χ0) is 40.6. The van der Waals surface area contributed by atoms with Crippen molar-refractivity contribution in [3.05, 3.63) is 161 Å². The molecule has 0 bridgehead atoms. The fourth-order valence-electron chi connectivity index (χ4n) is 7.39. The van der Waals surface area contributed by atoms with E-state index >= 15 is 0 Å². The van der Waals surface area contributed by atoms with Gasteiger partial charge in [-0.3, -0.25) is 14.5 Å². The lowest BCUT2D eigenvalue weighted by atomic mass is 9.99. The largest absolute Gasteiger partial charge is 0.346 e. The van der Waals surface area contributed by atoms with E-state index in [1.165, 1.54) is 32.5 Å². The van der Waals surface area contributed by atoms with Crippen molar-refractivity contribution in [2.75, 3.05) is 0 Å². The Bertz CT molecular complexity index is 2940. The Kier molecular flexibility index (Phi) is 10.2. The number of fused-ring (bicyclic) bond motifs is 3. The minimum atomic E-state index is -3.85. The molecular formula is C45H40N8O4S. The molecule has 0 fully saturated rings. The fourth-order valence-corrected chi connectivity index (χ4v) is 8.69. The second-order valence-corrected chi connectivity index (χ2v) is 15.8. The van der Waals surface area contributed by atoms with E-state index in [0.717, 1.165) is 51.0 Å². The molecule has 9 rings (SSSR count). The summed E-state index contributed by atoms with van der Waals surface area (Å²) in [5.74, 6) is -0.592. The quantitative estimate of drug-likeness (QED) is 0.140. The number of rotatable bonds is 9. The van der Waals surface area contributed by atoms with Crippen LogP contribution in [0.5, 0.6) is 0 Å². The van der Waals surface area contributed by atoms with Crippen LogP contribution in [0.1, 0.15) is 62.4 Å². The van der Waals surface area contributed by atoms with Gasteiger partial charge in [-0.05, 0) is 90.6 Å². The molecular weight excluding hydrogens is 749 g/mol. The number of nitrogens with two attached hydrogens (primary N) is 1. The molecule has 0 saturated heterocycles.